The van der Waals surface area contributed by atoms with Crippen LogP contribution in [0.4, 0.5) is 0 Å². The van der Waals surface area contributed by atoms with Crippen LogP contribution in [0, 0.1) is 16.5 Å². The Morgan fingerprint density at radius 3 is 2.27 bits per heavy atom. The van der Waals surface area contributed by atoms with Gasteiger partial charge >= 0.3 is 0 Å². The van der Waals surface area contributed by atoms with Gasteiger partial charge in [-0.1, -0.05) is 39.9 Å². The number of rotatable bonds is 4. The highest BCUT2D eigenvalue weighted by Crippen LogP contribution is 2.09. The van der Waals surface area contributed by atoms with E-state index in [0.717, 1.165) is 28.9 Å². The minimum atomic E-state index is 0.601. The van der Waals surface area contributed by atoms with Gasteiger partial charge in [0.2, 0.25) is 0 Å². The van der Waals surface area contributed by atoms with Crippen LogP contribution in [-0.2, 0) is 12.8 Å². The molecule has 0 atom stereocenters. The van der Waals surface area contributed by atoms with Gasteiger partial charge in [-0.25, -0.2) is 0 Å². The average Bonchev–Trinajstić information content (AvgIpc) is 2.08. The van der Waals surface area contributed by atoms with Crippen molar-refractivity contribution in [3.05, 3.63) is 22.2 Å². The van der Waals surface area contributed by atoms with E-state index in [1.54, 1.807) is 0 Å². The fourth-order valence-corrected chi connectivity index (χ4v) is 1.81. The SMILES string of the molecule is CC(C)Cc1cnc(CC(C)C)c(=S)[nH]1. The maximum Gasteiger partial charge on any atom is 0.125 e. The van der Waals surface area contributed by atoms with Gasteiger partial charge in [0.1, 0.15) is 4.64 Å². The summed E-state index contributed by atoms with van der Waals surface area (Å²) in [5, 5.41) is 0. The number of hydrogen-bond donors (Lipinski definition) is 1. The standard InChI is InChI=1S/C12H20N2S/c1-8(2)5-10-7-13-11(6-9(3)4)12(15)14-10/h7-9H,5-6H2,1-4H3,(H,14,15). The monoisotopic (exact) mass is 224 g/mol. The zero-order valence-corrected chi connectivity index (χ0v) is 10.8. The second-order valence-electron chi connectivity index (χ2n) is 4.88. The highest BCUT2D eigenvalue weighted by atomic mass is 32.1. The Bertz CT molecular complexity index is 366. The maximum atomic E-state index is 5.29. The molecule has 0 aromatic carbocycles. The van der Waals surface area contributed by atoms with Crippen LogP contribution in [0.15, 0.2) is 6.20 Å². The third kappa shape index (κ3) is 4.12. The zero-order valence-electron chi connectivity index (χ0n) is 10.0. The summed E-state index contributed by atoms with van der Waals surface area (Å²) in [6, 6.07) is 0. The molecule has 0 saturated carbocycles. The van der Waals surface area contributed by atoms with Gasteiger partial charge < -0.3 is 4.98 Å². The summed E-state index contributed by atoms with van der Waals surface area (Å²) in [4.78, 5) is 7.70. The summed E-state index contributed by atoms with van der Waals surface area (Å²) in [5.74, 6) is 1.23. The van der Waals surface area contributed by atoms with Crippen LogP contribution in [0.5, 0.6) is 0 Å². The molecule has 84 valence electrons. The first-order valence-electron chi connectivity index (χ1n) is 5.56. The lowest BCUT2D eigenvalue weighted by Crippen LogP contribution is -2.04. The van der Waals surface area contributed by atoms with Crippen LogP contribution in [-0.4, -0.2) is 9.97 Å². The predicted octanol–water partition coefficient (Wildman–Crippen LogP) is 3.54. The Kier molecular flexibility index (Phi) is 4.45. The topological polar surface area (TPSA) is 28.7 Å². The lowest BCUT2D eigenvalue weighted by molar-refractivity contribution is 0.615. The molecule has 0 bridgehead atoms. The zero-order chi connectivity index (χ0) is 11.4. The van der Waals surface area contributed by atoms with Crippen molar-refractivity contribution in [2.24, 2.45) is 11.8 Å². The van der Waals surface area contributed by atoms with Crippen molar-refractivity contribution in [1.82, 2.24) is 9.97 Å². The molecule has 1 N–H and O–H groups in total. The Morgan fingerprint density at radius 2 is 1.80 bits per heavy atom. The number of H-pyrrole nitrogens is 1. The second kappa shape index (κ2) is 5.40. The predicted molar refractivity (Wildman–Crippen MR) is 66.5 cm³/mol. The molecule has 1 rings (SSSR count). The van der Waals surface area contributed by atoms with E-state index in [9.17, 15) is 0 Å². The van der Waals surface area contributed by atoms with Crippen LogP contribution in [0.3, 0.4) is 0 Å². The van der Waals surface area contributed by atoms with Crippen molar-refractivity contribution < 1.29 is 0 Å². The quantitative estimate of drug-likeness (QED) is 0.792. The molecule has 0 unspecified atom stereocenters. The van der Waals surface area contributed by atoms with Gasteiger partial charge in [-0.15, -0.1) is 0 Å². The average molecular weight is 224 g/mol. The van der Waals surface area contributed by atoms with E-state index in [4.69, 9.17) is 12.2 Å². The fourth-order valence-electron chi connectivity index (χ4n) is 1.54. The first kappa shape index (κ1) is 12.4. The highest BCUT2D eigenvalue weighted by molar-refractivity contribution is 7.71. The van der Waals surface area contributed by atoms with Crippen LogP contribution >= 0.6 is 12.2 Å². The van der Waals surface area contributed by atoms with E-state index in [1.165, 1.54) is 0 Å². The molecule has 0 aliphatic heterocycles. The van der Waals surface area contributed by atoms with Crippen molar-refractivity contribution in [3.8, 4) is 0 Å². The van der Waals surface area contributed by atoms with Gasteiger partial charge in [0, 0.05) is 11.9 Å². The van der Waals surface area contributed by atoms with Gasteiger partial charge in [0.25, 0.3) is 0 Å². The number of aromatic amines is 1. The number of aromatic nitrogens is 2. The van der Waals surface area contributed by atoms with Crippen molar-refractivity contribution in [2.45, 2.75) is 40.5 Å². The molecule has 0 radical (unpaired) electrons. The van der Waals surface area contributed by atoms with Crippen LogP contribution in [0.25, 0.3) is 0 Å². The fraction of sp³-hybridized carbons (Fsp3) is 0.667. The van der Waals surface area contributed by atoms with Crippen molar-refractivity contribution >= 4 is 12.2 Å². The summed E-state index contributed by atoms with van der Waals surface area (Å²) in [6.07, 6.45) is 3.89. The molecule has 0 amide bonds. The highest BCUT2D eigenvalue weighted by Gasteiger charge is 2.04. The van der Waals surface area contributed by atoms with Gasteiger partial charge in [-0.2, -0.15) is 0 Å². The summed E-state index contributed by atoms with van der Waals surface area (Å²) in [7, 11) is 0. The van der Waals surface area contributed by atoms with Gasteiger partial charge in [0.15, 0.2) is 0 Å². The molecule has 2 nitrogen and oxygen atoms in total. The Balaban J connectivity index is 2.84. The van der Waals surface area contributed by atoms with Crippen LogP contribution in [0.2, 0.25) is 0 Å². The molecular formula is C12H20N2S. The molecule has 1 aromatic heterocycles. The Morgan fingerprint density at radius 1 is 1.20 bits per heavy atom. The van der Waals surface area contributed by atoms with Crippen LogP contribution in [0.1, 0.15) is 39.1 Å². The Hall–Kier alpha value is -0.700. The summed E-state index contributed by atoms with van der Waals surface area (Å²) < 4.78 is 0.807. The smallest absolute Gasteiger partial charge is 0.125 e. The van der Waals surface area contributed by atoms with E-state index in [2.05, 4.69) is 37.7 Å². The van der Waals surface area contributed by atoms with E-state index >= 15 is 0 Å². The minimum Gasteiger partial charge on any atom is -0.347 e. The minimum absolute atomic E-state index is 0.601. The second-order valence-corrected chi connectivity index (χ2v) is 5.29. The number of nitrogens with zero attached hydrogens (tertiary/aromatic N) is 1. The third-order valence-corrected chi connectivity index (χ3v) is 2.48. The van der Waals surface area contributed by atoms with Crippen molar-refractivity contribution in [2.75, 3.05) is 0 Å². The van der Waals surface area contributed by atoms with E-state index in [0.29, 0.717) is 11.8 Å². The normalized spacial score (nSPS) is 11.3. The molecule has 15 heavy (non-hydrogen) atoms. The Labute approximate surface area is 97.1 Å². The molecule has 1 aromatic rings. The largest absolute Gasteiger partial charge is 0.347 e. The number of nitrogens with one attached hydrogen (secondary N) is 1. The summed E-state index contributed by atoms with van der Waals surface area (Å²) in [5.41, 5.74) is 2.16. The molecule has 0 saturated heterocycles. The van der Waals surface area contributed by atoms with Gasteiger partial charge in [-0.05, 0) is 24.7 Å². The first-order valence-corrected chi connectivity index (χ1v) is 5.97. The summed E-state index contributed by atoms with van der Waals surface area (Å²) >= 11 is 5.29. The van der Waals surface area contributed by atoms with Crippen molar-refractivity contribution in [3.63, 3.8) is 0 Å². The van der Waals surface area contributed by atoms with Crippen molar-refractivity contribution in [1.29, 1.82) is 0 Å². The van der Waals surface area contributed by atoms with E-state index < -0.39 is 0 Å². The molecular weight excluding hydrogens is 204 g/mol. The van der Waals surface area contributed by atoms with Crippen LogP contribution < -0.4 is 0 Å². The molecule has 3 heteroatoms. The maximum absolute atomic E-state index is 5.29. The first-order chi connectivity index (χ1) is 6.99. The molecule has 0 spiro atoms. The van der Waals surface area contributed by atoms with Gasteiger partial charge in [0.05, 0.1) is 5.69 Å². The molecule has 0 aliphatic rings. The molecule has 0 fully saturated rings. The lowest BCUT2D eigenvalue weighted by atomic mass is 10.1. The summed E-state index contributed by atoms with van der Waals surface area (Å²) in [6.45, 7) is 8.74. The van der Waals surface area contributed by atoms with E-state index in [-0.39, 0.29) is 0 Å². The third-order valence-electron chi connectivity index (χ3n) is 2.14. The molecule has 0 aliphatic carbocycles. The van der Waals surface area contributed by atoms with Gasteiger partial charge in [-0.3, -0.25) is 4.98 Å². The lowest BCUT2D eigenvalue weighted by Gasteiger charge is -2.08. The number of hydrogen-bond acceptors (Lipinski definition) is 2. The molecule has 1 heterocycles. The van der Waals surface area contributed by atoms with E-state index in [1.807, 2.05) is 6.20 Å².